The first-order valence-corrected chi connectivity index (χ1v) is 9.42. The number of ether oxygens (including phenoxy) is 1. The van der Waals surface area contributed by atoms with Gasteiger partial charge in [0.1, 0.15) is 0 Å². The van der Waals surface area contributed by atoms with Gasteiger partial charge in [0.15, 0.2) is 0 Å². The number of hydrogen-bond donors (Lipinski definition) is 1. The zero-order chi connectivity index (χ0) is 15.3. The minimum Gasteiger partial charge on any atom is -0.373 e. The van der Waals surface area contributed by atoms with E-state index in [1.165, 1.54) is 36.1 Å². The van der Waals surface area contributed by atoms with Crippen LogP contribution in [0.4, 0.5) is 0 Å². The lowest BCUT2D eigenvalue weighted by molar-refractivity contribution is -0.102. The Morgan fingerprint density at radius 2 is 2.29 bits per heavy atom. The largest absolute Gasteiger partial charge is 0.373 e. The van der Waals surface area contributed by atoms with Crippen LogP contribution in [0.5, 0.6) is 0 Å². The molecule has 0 radical (unpaired) electrons. The molecule has 1 aromatic rings. The fourth-order valence-electron chi connectivity index (χ4n) is 3.87. The van der Waals surface area contributed by atoms with Crippen LogP contribution in [-0.2, 0) is 4.74 Å². The highest BCUT2D eigenvalue weighted by molar-refractivity contribution is 7.10. The Balaban J connectivity index is 2.32. The van der Waals surface area contributed by atoms with Crippen molar-refractivity contribution in [2.75, 3.05) is 13.2 Å². The molecule has 1 heterocycles. The highest BCUT2D eigenvalue weighted by Crippen LogP contribution is 2.45. The molecule has 0 bridgehead atoms. The molecule has 2 rings (SSSR count). The highest BCUT2D eigenvalue weighted by atomic mass is 32.1. The van der Waals surface area contributed by atoms with E-state index in [2.05, 4.69) is 44.5 Å². The number of thiophene rings is 1. The molecular formula is C18H31NOS. The van der Waals surface area contributed by atoms with Gasteiger partial charge in [-0.2, -0.15) is 0 Å². The Kier molecular flexibility index (Phi) is 6.27. The predicted octanol–water partition coefficient (Wildman–Crippen LogP) is 5.08. The average molecular weight is 310 g/mol. The fourth-order valence-corrected chi connectivity index (χ4v) is 4.61. The molecule has 0 aromatic carbocycles. The van der Waals surface area contributed by atoms with Crippen LogP contribution in [0.15, 0.2) is 11.4 Å². The maximum atomic E-state index is 6.42. The molecule has 1 fully saturated rings. The van der Waals surface area contributed by atoms with Crippen molar-refractivity contribution in [1.82, 2.24) is 5.32 Å². The summed E-state index contributed by atoms with van der Waals surface area (Å²) in [6.07, 6.45) is 6.16. The Hall–Kier alpha value is -0.380. The lowest BCUT2D eigenvalue weighted by atomic mass is 9.72. The van der Waals surface area contributed by atoms with Gasteiger partial charge in [-0.15, -0.1) is 11.3 Å². The van der Waals surface area contributed by atoms with Crippen LogP contribution in [0, 0.1) is 12.8 Å². The van der Waals surface area contributed by atoms with Gasteiger partial charge in [-0.3, -0.25) is 0 Å². The Morgan fingerprint density at radius 3 is 2.86 bits per heavy atom. The smallest absolute Gasteiger partial charge is 0.0879 e. The molecule has 0 aliphatic heterocycles. The van der Waals surface area contributed by atoms with Crippen LogP contribution in [-0.4, -0.2) is 18.8 Å². The molecule has 1 aliphatic rings. The van der Waals surface area contributed by atoms with Crippen LogP contribution in [0.2, 0.25) is 0 Å². The molecule has 21 heavy (non-hydrogen) atoms. The second kappa shape index (κ2) is 7.75. The van der Waals surface area contributed by atoms with Crippen molar-refractivity contribution in [2.24, 2.45) is 5.92 Å². The van der Waals surface area contributed by atoms with Gasteiger partial charge in [-0.05, 0) is 62.6 Å². The summed E-state index contributed by atoms with van der Waals surface area (Å²) in [5.74, 6) is 0.759. The number of hydrogen-bond acceptors (Lipinski definition) is 3. The van der Waals surface area contributed by atoms with Crippen LogP contribution < -0.4 is 5.32 Å². The first kappa shape index (κ1) is 17.0. The monoisotopic (exact) mass is 309 g/mol. The number of nitrogens with one attached hydrogen (secondary N) is 1. The Labute approximate surface area is 134 Å². The lowest BCUT2D eigenvalue weighted by Gasteiger charge is -2.46. The van der Waals surface area contributed by atoms with Gasteiger partial charge in [0, 0.05) is 11.5 Å². The highest BCUT2D eigenvalue weighted by Gasteiger charge is 2.43. The molecular weight excluding hydrogens is 278 g/mol. The summed E-state index contributed by atoms with van der Waals surface area (Å²) in [6.45, 7) is 10.9. The zero-order valence-electron chi connectivity index (χ0n) is 14.1. The standard InChI is InChI=1S/C18H31NOS/c1-5-11-19-17(16-9-12-21-15(16)4)18(20-6-2)10-7-8-14(3)13-18/h9,12,14,17,19H,5-8,10-11,13H2,1-4H3. The van der Waals surface area contributed by atoms with Crippen molar-refractivity contribution in [3.63, 3.8) is 0 Å². The molecule has 0 spiro atoms. The molecule has 2 nitrogen and oxygen atoms in total. The van der Waals surface area contributed by atoms with E-state index < -0.39 is 0 Å². The zero-order valence-corrected chi connectivity index (χ0v) is 14.9. The first-order chi connectivity index (χ1) is 10.1. The Morgan fingerprint density at radius 1 is 1.48 bits per heavy atom. The van der Waals surface area contributed by atoms with E-state index in [0.717, 1.165) is 25.5 Å². The van der Waals surface area contributed by atoms with Crippen molar-refractivity contribution in [1.29, 1.82) is 0 Å². The van der Waals surface area contributed by atoms with E-state index in [4.69, 9.17) is 4.74 Å². The third-order valence-electron chi connectivity index (χ3n) is 4.76. The molecule has 0 saturated heterocycles. The molecule has 1 N–H and O–H groups in total. The normalized spacial score (nSPS) is 27.7. The third kappa shape index (κ3) is 3.88. The first-order valence-electron chi connectivity index (χ1n) is 8.54. The number of rotatable bonds is 7. The second-order valence-corrected chi connectivity index (χ2v) is 7.64. The average Bonchev–Trinajstić information content (AvgIpc) is 2.86. The van der Waals surface area contributed by atoms with Gasteiger partial charge < -0.3 is 10.1 Å². The summed E-state index contributed by atoms with van der Waals surface area (Å²) in [6, 6.07) is 2.64. The summed E-state index contributed by atoms with van der Waals surface area (Å²) in [5, 5.41) is 6.03. The van der Waals surface area contributed by atoms with Crippen LogP contribution >= 0.6 is 11.3 Å². The van der Waals surface area contributed by atoms with E-state index in [0.29, 0.717) is 6.04 Å². The van der Waals surface area contributed by atoms with Crippen LogP contribution in [0.1, 0.15) is 69.4 Å². The van der Waals surface area contributed by atoms with Crippen molar-refractivity contribution in [3.05, 3.63) is 21.9 Å². The number of aryl methyl sites for hydroxylation is 1. The van der Waals surface area contributed by atoms with Gasteiger partial charge in [-0.25, -0.2) is 0 Å². The fraction of sp³-hybridized carbons (Fsp3) is 0.778. The van der Waals surface area contributed by atoms with Gasteiger partial charge in [-0.1, -0.05) is 26.7 Å². The Bertz CT molecular complexity index is 427. The molecule has 0 amide bonds. The minimum atomic E-state index is -0.0204. The molecule has 3 heteroatoms. The van der Waals surface area contributed by atoms with Gasteiger partial charge in [0.25, 0.3) is 0 Å². The van der Waals surface area contributed by atoms with Gasteiger partial charge in [0.05, 0.1) is 11.6 Å². The summed E-state index contributed by atoms with van der Waals surface area (Å²) in [7, 11) is 0. The molecule has 1 aliphatic carbocycles. The summed E-state index contributed by atoms with van der Waals surface area (Å²) in [4.78, 5) is 1.43. The summed E-state index contributed by atoms with van der Waals surface area (Å²) in [5.41, 5.74) is 1.43. The van der Waals surface area contributed by atoms with Crippen molar-refractivity contribution in [2.45, 2.75) is 71.4 Å². The third-order valence-corrected chi connectivity index (χ3v) is 5.62. The topological polar surface area (TPSA) is 21.3 Å². The lowest BCUT2D eigenvalue weighted by Crippen LogP contribution is -2.49. The van der Waals surface area contributed by atoms with Crippen molar-refractivity contribution >= 4 is 11.3 Å². The quantitative estimate of drug-likeness (QED) is 0.758. The van der Waals surface area contributed by atoms with Crippen LogP contribution in [0.3, 0.4) is 0 Å². The van der Waals surface area contributed by atoms with Gasteiger partial charge >= 0.3 is 0 Å². The van der Waals surface area contributed by atoms with Crippen molar-refractivity contribution in [3.8, 4) is 0 Å². The van der Waals surface area contributed by atoms with E-state index in [-0.39, 0.29) is 5.60 Å². The van der Waals surface area contributed by atoms with E-state index in [1.807, 2.05) is 11.3 Å². The maximum Gasteiger partial charge on any atom is 0.0879 e. The second-order valence-electron chi connectivity index (χ2n) is 6.52. The van der Waals surface area contributed by atoms with Crippen molar-refractivity contribution < 1.29 is 4.74 Å². The summed E-state index contributed by atoms with van der Waals surface area (Å²) >= 11 is 1.85. The molecule has 120 valence electrons. The molecule has 3 unspecified atom stereocenters. The SMILES string of the molecule is CCCNC(c1ccsc1C)C1(OCC)CCCC(C)C1. The molecule has 3 atom stereocenters. The van der Waals surface area contributed by atoms with Gasteiger partial charge in [0.2, 0.25) is 0 Å². The predicted molar refractivity (Wildman–Crippen MR) is 92.1 cm³/mol. The minimum absolute atomic E-state index is 0.0204. The van der Waals surface area contributed by atoms with E-state index >= 15 is 0 Å². The molecule has 1 saturated carbocycles. The van der Waals surface area contributed by atoms with Crippen LogP contribution in [0.25, 0.3) is 0 Å². The maximum absolute atomic E-state index is 6.42. The molecule has 1 aromatic heterocycles. The van der Waals surface area contributed by atoms with E-state index in [9.17, 15) is 0 Å². The van der Waals surface area contributed by atoms with E-state index in [1.54, 1.807) is 0 Å². The summed E-state index contributed by atoms with van der Waals surface area (Å²) < 4.78 is 6.42.